The van der Waals surface area contributed by atoms with Gasteiger partial charge >= 0.3 is 0 Å². The molecule has 92 valence electrons. The van der Waals surface area contributed by atoms with Gasteiger partial charge < -0.3 is 5.32 Å². The van der Waals surface area contributed by atoms with Crippen molar-refractivity contribution in [2.45, 2.75) is 6.92 Å². The fourth-order valence-corrected chi connectivity index (χ4v) is 1.64. The van der Waals surface area contributed by atoms with Gasteiger partial charge in [-0.25, -0.2) is 4.39 Å². The number of halogens is 1. The first-order valence-corrected chi connectivity index (χ1v) is 5.96. The lowest BCUT2D eigenvalue weighted by atomic mass is 10.1. The van der Waals surface area contributed by atoms with E-state index >= 15 is 0 Å². The van der Waals surface area contributed by atoms with Crippen molar-refractivity contribution in [1.29, 1.82) is 0 Å². The summed E-state index contributed by atoms with van der Waals surface area (Å²) in [4.78, 5) is 0. The molecule has 0 atom stereocenters. The van der Waals surface area contributed by atoms with Crippen molar-refractivity contribution >= 4 is 11.8 Å². The maximum Gasteiger partial charge on any atom is 0.120 e. The second kappa shape index (κ2) is 6.01. The average molecular weight is 241 g/mol. The summed E-state index contributed by atoms with van der Waals surface area (Å²) in [6.45, 7) is 2.22. The van der Waals surface area contributed by atoms with Crippen LogP contribution in [0.4, 0.5) is 10.1 Å². The molecule has 0 aromatic heterocycles. The molecular weight excluding hydrogens is 225 g/mol. The number of anilines is 1. The van der Waals surface area contributed by atoms with Crippen LogP contribution in [0.5, 0.6) is 0 Å². The lowest BCUT2D eigenvalue weighted by Crippen LogP contribution is -2.01. The molecule has 0 aliphatic heterocycles. The number of para-hydroxylation sites is 1. The molecule has 0 saturated heterocycles. The average Bonchev–Trinajstić information content (AvgIpc) is 2.40. The van der Waals surface area contributed by atoms with Gasteiger partial charge in [0.05, 0.1) is 6.54 Å². The van der Waals surface area contributed by atoms with Gasteiger partial charge in [0, 0.05) is 5.69 Å². The van der Waals surface area contributed by atoms with Crippen molar-refractivity contribution in [2.75, 3.05) is 11.9 Å². The monoisotopic (exact) mass is 241 g/mol. The molecular formula is C16H16FN. The number of rotatable bonds is 4. The molecule has 0 heterocycles. The van der Waals surface area contributed by atoms with E-state index < -0.39 is 0 Å². The molecule has 2 heteroatoms. The Bertz CT molecular complexity index is 515. The van der Waals surface area contributed by atoms with E-state index in [9.17, 15) is 4.39 Å². The van der Waals surface area contributed by atoms with Gasteiger partial charge in [-0.1, -0.05) is 48.0 Å². The van der Waals surface area contributed by atoms with E-state index in [-0.39, 0.29) is 12.4 Å². The molecule has 2 aromatic rings. The summed E-state index contributed by atoms with van der Waals surface area (Å²) in [5.74, 6) is -0.178. The molecule has 0 unspecified atom stereocenters. The van der Waals surface area contributed by atoms with Crippen molar-refractivity contribution in [1.82, 2.24) is 0 Å². The highest BCUT2D eigenvalue weighted by Crippen LogP contribution is 2.11. The van der Waals surface area contributed by atoms with E-state index in [2.05, 4.69) is 5.32 Å². The normalized spacial score (nSPS) is 11.3. The zero-order chi connectivity index (χ0) is 12.8. The number of nitrogens with one attached hydrogen (secondary N) is 1. The van der Waals surface area contributed by atoms with Gasteiger partial charge in [0.1, 0.15) is 5.83 Å². The first-order valence-electron chi connectivity index (χ1n) is 5.96. The smallest absolute Gasteiger partial charge is 0.120 e. The van der Waals surface area contributed by atoms with E-state index in [0.717, 1.165) is 11.3 Å². The molecule has 0 radical (unpaired) electrons. The maximum absolute atomic E-state index is 13.7. The third-order valence-electron chi connectivity index (χ3n) is 2.64. The van der Waals surface area contributed by atoms with E-state index in [1.54, 1.807) is 6.08 Å². The van der Waals surface area contributed by atoms with E-state index in [1.807, 2.05) is 61.5 Å². The Morgan fingerprint density at radius 1 is 1.06 bits per heavy atom. The highest BCUT2D eigenvalue weighted by molar-refractivity contribution is 5.53. The highest BCUT2D eigenvalue weighted by atomic mass is 19.1. The summed E-state index contributed by atoms with van der Waals surface area (Å²) in [6, 6.07) is 17.4. The SMILES string of the molecule is Cc1ccc(/C=C(\F)CNc2ccccc2)cc1. The molecule has 0 bridgehead atoms. The molecule has 18 heavy (non-hydrogen) atoms. The third kappa shape index (κ3) is 3.74. The number of aryl methyl sites for hydroxylation is 1. The summed E-state index contributed by atoms with van der Waals surface area (Å²) in [5.41, 5.74) is 2.98. The van der Waals surface area contributed by atoms with Crippen molar-refractivity contribution in [3.8, 4) is 0 Å². The Hall–Kier alpha value is -2.09. The third-order valence-corrected chi connectivity index (χ3v) is 2.64. The van der Waals surface area contributed by atoms with E-state index in [1.165, 1.54) is 5.56 Å². The van der Waals surface area contributed by atoms with Gasteiger partial charge in [0.2, 0.25) is 0 Å². The van der Waals surface area contributed by atoms with Crippen LogP contribution < -0.4 is 5.32 Å². The lowest BCUT2D eigenvalue weighted by molar-refractivity contribution is 0.634. The fourth-order valence-electron chi connectivity index (χ4n) is 1.64. The van der Waals surface area contributed by atoms with Gasteiger partial charge in [-0.3, -0.25) is 0 Å². The number of hydrogen-bond donors (Lipinski definition) is 1. The molecule has 1 nitrogen and oxygen atoms in total. The minimum Gasteiger partial charge on any atom is -0.379 e. The standard InChI is InChI=1S/C16H16FN/c1-13-7-9-14(10-8-13)11-15(17)12-18-16-5-3-2-4-6-16/h2-11,18H,12H2,1H3/b15-11-. The Morgan fingerprint density at radius 3 is 2.39 bits per heavy atom. The van der Waals surface area contributed by atoms with Crippen LogP contribution in [0, 0.1) is 6.92 Å². The molecule has 0 amide bonds. The Labute approximate surface area is 107 Å². The van der Waals surface area contributed by atoms with Crippen molar-refractivity contribution < 1.29 is 4.39 Å². The first-order chi connectivity index (χ1) is 8.74. The molecule has 0 fully saturated rings. The minimum absolute atomic E-state index is 0.178. The molecule has 0 saturated carbocycles. The minimum atomic E-state index is -0.178. The summed E-state index contributed by atoms with van der Waals surface area (Å²) >= 11 is 0. The molecule has 1 N–H and O–H groups in total. The van der Waals surface area contributed by atoms with Gasteiger partial charge in [0.25, 0.3) is 0 Å². The van der Waals surface area contributed by atoms with Crippen molar-refractivity contribution in [3.63, 3.8) is 0 Å². The lowest BCUT2D eigenvalue weighted by Gasteiger charge is -2.04. The van der Waals surface area contributed by atoms with Crippen LogP contribution in [0.15, 0.2) is 60.4 Å². The second-order valence-electron chi connectivity index (χ2n) is 4.22. The molecule has 0 aliphatic rings. The second-order valence-corrected chi connectivity index (χ2v) is 4.22. The molecule has 0 spiro atoms. The summed E-state index contributed by atoms with van der Waals surface area (Å²) in [5, 5.41) is 3.03. The van der Waals surface area contributed by atoms with Crippen LogP contribution in [-0.4, -0.2) is 6.54 Å². The fraction of sp³-hybridized carbons (Fsp3) is 0.125. The van der Waals surface area contributed by atoms with Gasteiger partial charge in [-0.05, 0) is 30.7 Å². The Balaban J connectivity index is 1.95. The Morgan fingerprint density at radius 2 is 1.72 bits per heavy atom. The summed E-state index contributed by atoms with van der Waals surface area (Å²) in [6.07, 6.45) is 1.55. The highest BCUT2D eigenvalue weighted by Gasteiger charge is 1.96. The Kier molecular flexibility index (Phi) is 4.13. The summed E-state index contributed by atoms with van der Waals surface area (Å²) in [7, 11) is 0. The van der Waals surface area contributed by atoms with E-state index in [4.69, 9.17) is 0 Å². The maximum atomic E-state index is 13.7. The zero-order valence-electron chi connectivity index (χ0n) is 10.4. The molecule has 2 rings (SSSR count). The van der Waals surface area contributed by atoms with Crippen molar-refractivity contribution in [2.24, 2.45) is 0 Å². The van der Waals surface area contributed by atoms with Crippen LogP contribution in [-0.2, 0) is 0 Å². The molecule has 0 aliphatic carbocycles. The quantitative estimate of drug-likeness (QED) is 0.835. The van der Waals surface area contributed by atoms with Crippen LogP contribution in [0.2, 0.25) is 0 Å². The van der Waals surface area contributed by atoms with Crippen LogP contribution >= 0.6 is 0 Å². The van der Waals surface area contributed by atoms with Gasteiger partial charge in [0.15, 0.2) is 0 Å². The van der Waals surface area contributed by atoms with E-state index in [0.29, 0.717) is 0 Å². The number of hydrogen-bond acceptors (Lipinski definition) is 1. The molecule has 2 aromatic carbocycles. The van der Waals surface area contributed by atoms with Gasteiger partial charge in [-0.15, -0.1) is 0 Å². The number of benzene rings is 2. The predicted octanol–water partition coefficient (Wildman–Crippen LogP) is 4.42. The predicted molar refractivity (Wildman–Crippen MR) is 75.2 cm³/mol. The van der Waals surface area contributed by atoms with Crippen LogP contribution in [0.3, 0.4) is 0 Å². The van der Waals surface area contributed by atoms with Crippen molar-refractivity contribution in [3.05, 3.63) is 71.6 Å². The zero-order valence-corrected chi connectivity index (χ0v) is 10.4. The largest absolute Gasteiger partial charge is 0.379 e. The van der Waals surface area contributed by atoms with Gasteiger partial charge in [-0.2, -0.15) is 0 Å². The van der Waals surface area contributed by atoms with Crippen LogP contribution in [0.1, 0.15) is 11.1 Å². The topological polar surface area (TPSA) is 12.0 Å². The first kappa shape index (κ1) is 12.4. The van der Waals surface area contributed by atoms with Crippen LogP contribution in [0.25, 0.3) is 6.08 Å². The summed E-state index contributed by atoms with van der Waals surface area (Å²) < 4.78 is 13.7.